The summed E-state index contributed by atoms with van der Waals surface area (Å²) in [7, 11) is 0.794. The molecule has 0 amide bonds. The lowest BCUT2D eigenvalue weighted by Gasteiger charge is -2.33. The Morgan fingerprint density at radius 2 is 1.37 bits per heavy atom. The van der Waals surface area contributed by atoms with Crippen LogP contribution in [0.2, 0.25) is 0 Å². The maximum atomic E-state index is 14.0. The summed E-state index contributed by atoms with van der Waals surface area (Å²) in [4.78, 5) is 3.39. The van der Waals surface area contributed by atoms with Crippen LogP contribution >= 0.6 is 0 Å². The summed E-state index contributed by atoms with van der Waals surface area (Å²) >= 11 is 0. The van der Waals surface area contributed by atoms with E-state index in [0.717, 1.165) is 13.1 Å². The van der Waals surface area contributed by atoms with Crippen molar-refractivity contribution in [2.75, 3.05) is 0 Å². The van der Waals surface area contributed by atoms with Crippen LogP contribution in [0.1, 0.15) is 17.1 Å². The summed E-state index contributed by atoms with van der Waals surface area (Å²) in [6, 6.07) is 8.23. The molecule has 2 aromatic rings. The standard InChI is InChI=1S/C16H11F9N2/c1-27-11(9-26-12(27)8-7-10-5-3-2-4-6-10)13(17,18)14(19,20)15(21,22)16(23,24)25/h2-9H,1H3. The molecule has 2 rings (SSSR count). The number of halogens is 9. The minimum absolute atomic E-state index is 0.130. The van der Waals surface area contributed by atoms with E-state index in [1.165, 1.54) is 6.08 Å². The monoisotopic (exact) mass is 402 g/mol. The van der Waals surface area contributed by atoms with E-state index in [1.54, 1.807) is 30.3 Å². The summed E-state index contributed by atoms with van der Waals surface area (Å²) in [5.74, 6) is -19.9. The van der Waals surface area contributed by atoms with Crippen LogP contribution in [0.5, 0.6) is 0 Å². The normalized spacial score (nSPS) is 14.1. The number of alkyl halides is 9. The quantitative estimate of drug-likeness (QED) is 0.603. The molecule has 0 unspecified atom stereocenters. The second-order valence-corrected chi connectivity index (χ2v) is 5.53. The molecular formula is C16H11F9N2. The van der Waals surface area contributed by atoms with Gasteiger partial charge in [-0.2, -0.15) is 39.5 Å². The van der Waals surface area contributed by atoms with Crippen LogP contribution in [0, 0.1) is 0 Å². The van der Waals surface area contributed by atoms with Gasteiger partial charge in [-0.1, -0.05) is 36.4 Å². The summed E-state index contributed by atoms with van der Waals surface area (Å²) in [5, 5.41) is 0. The highest BCUT2D eigenvalue weighted by Crippen LogP contribution is 2.56. The SMILES string of the molecule is Cn1c(C(F)(F)C(F)(F)C(F)(F)C(F)(F)F)cnc1C=Cc1ccccc1. The highest BCUT2D eigenvalue weighted by Gasteiger charge is 2.82. The molecule has 0 aliphatic carbocycles. The van der Waals surface area contributed by atoms with E-state index < -0.39 is 29.6 Å². The molecule has 0 N–H and O–H groups in total. The molecule has 0 radical (unpaired) electrons. The van der Waals surface area contributed by atoms with Crippen LogP contribution in [0.25, 0.3) is 12.2 Å². The third-order valence-electron chi connectivity index (χ3n) is 3.71. The third kappa shape index (κ3) is 3.42. The first-order valence-corrected chi connectivity index (χ1v) is 7.19. The van der Waals surface area contributed by atoms with Crippen molar-refractivity contribution in [3.05, 3.63) is 53.6 Å². The molecule has 0 aliphatic heterocycles. The molecule has 2 nitrogen and oxygen atoms in total. The molecule has 0 aliphatic rings. The summed E-state index contributed by atoms with van der Waals surface area (Å²) in [5.41, 5.74) is -1.20. The van der Waals surface area contributed by atoms with Gasteiger partial charge in [-0.15, -0.1) is 0 Å². The van der Waals surface area contributed by atoms with Gasteiger partial charge in [0.25, 0.3) is 0 Å². The Kier molecular flexibility index (Phi) is 5.10. The molecule has 0 spiro atoms. The maximum Gasteiger partial charge on any atom is 0.460 e. The number of imidazole rings is 1. The lowest BCUT2D eigenvalue weighted by molar-refractivity contribution is -0.400. The van der Waals surface area contributed by atoms with Crippen molar-refractivity contribution < 1.29 is 39.5 Å². The van der Waals surface area contributed by atoms with Crippen molar-refractivity contribution in [2.45, 2.75) is 23.9 Å². The average molecular weight is 402 g/mol. The van der Waals surface area contributed by atoms with E-state index in [1.807, 2.05) is 0 Å². The second kappa shape index (κ2) is 6.61. The molecule has 148 valence electrons. The Morgan fingerprint density at radius 1 is 0.815 bits per heavy atom. The van der Waals surface area contributed by atoms with Crippen molar-refractivity contribution >= 4 is 12.2 Å². The smallest absolute Gasteiger partial charge is 0.326 e. The second-order valence-electron chi connectivity index (χ2n) is 5.53. The molecule has 27 heavy (non-hydrogen) atoms. The Bertz CT molecular complexity index is 820. The Balaban J connectivity index is 2.43. The lowest BCUT2D eigenvalue weighted by Crippen LogP contribution is -2.59. The predicted molar refractivity (Wildman–Crippen MR) is 78.4 cm³/mol. The van der Waals surface area contributed by atoms with Gasteiger partial charge in [-0.05, 0) is 11.6 Å². The lowest BCUT2D eigenvalue weighted by atomic mass is 10.0. The molecule has 0 saturated carbocycles. The molecule has 0 atom stereocenters. The largest absolute Gasteiger partial charge is 0.460 e. The summed E-state index contributed by atoms with van der Waals surface area (Å²) < 4.78 is 118. The summed E-state index contributed by atoms with van der Waals surface area (Å²) in [6.07, 6.45) is -4.25. The molecule has 11 heteroatoms. The zero-order chi connectivity index (χ0) is 20.7. The molecule has 0 bridgehead atoms. The fourth-order valence-electron chi connectivity index (χ4n) is 2.14. The average Bonchev–Trinajstić information content (AvgIpc) is 2.94. The van der Waals surface area contributed by atoms with Crippen molar-refractivity contribution in [3.63, 3.8) is 0 Å². The van der Waals surface area contributed by atoms with Crippen LogP contribution in [0.4, 0.5) is 39.5 Å². The van der Waals surface area contributed by atoms with E-state index in [9.17, 15) is 39.5 Å². The van der Waals surface area contributed by atoms with Gasteiger partial charge in [-0.3, -0.25) is 0 Å². The van der Waals surface area contributed by atoms with Crippen molar-refractivity contribution in [1.82, 2.24) is 9.55 Å². The van der Waals surface area contributed by atoms with Crippen LogP contribution in [0.3, 0.4) is 0 Å². The molecule has 0 saturated heterocycles. The zero-order valence-electron chi connectivity index (χ0n) is 13.4. The minimum Gasteiger partial charge on any atom is -0.326 e. The van der Waals surface area contributed by atoms with Gasteiger partial charge in [0, 0.05) is 7.05 Å². The third-order valence-corrected chi connectivity index (χ3v) is 3.71. The molecule has 0 fully saturated rings. The predicted octanol–water partition coefficient (Wildman–Crippen LogP) is 5.52. The first-order chi connectivity index (χ1) is 12.2. The van der Waals surface area contributed by atoms with E-state index in [0.29, 0.717) is 10.1 Å². The molecule has 1 aromatic heterocycles. The number of rotatable bonds is 5. The van der Waals surface area contributed by atoms with Crippen molar-refractivity contribution in [1.29, 1.82) is 0 Å². The van der Waals surface area contributed by atoms with Crippen LogP contribution in [-0.2, 0) is 13.0 Å². The molecule has 1 heterocycles. The van der Waals surface area contributed by atoms with Gasteiger partial charge >= 0.3 is 23.9 Å². The number of benzene rings is 1. The Hall–Kier alpha value is -2.46. The van der Waals surface area contributed by atoms with Crippen LogP contribution < -0.4 is 0 Å². The molecular weight excluding hydrogens is 391 g/mol. The topological polar surface area (TPSA) is 17.8 Å². The van der Waals surface area contributed by atoms with Gasteiger partial charge in [0.05, 0.1) is 6.20 Å². The van der Waals surface area contributed by atoms with E-state index >= 15 is 0 Å². The Morgan fingerprint density at radius 3 is 1.89 bits per heavy atom. The van der Waals surface area contributed by atoms with Gasteiger partial charge in [-0.25, -0.2) is 4.98 Å². The van der Waals surface area contributed by atoms with Crippen LogP contribution in [0.15, 0.2) is 36.5 Å². The van der Waals surface area contributed by atoms with Crippen molar-refractivity contribution in [3.8, 4) is 0 Å². The van der Waals surface area contributed by atoms with Gasteiger partial charge in [0.2, 0.25) is 0 Å². The van der Waals surface area contributed by atoms with Gasteiger partial charge < -0.3 is 4.57 Å². The van der Waals surface area contributed by atoms with Gasteiger partial charge in [0.15, 0.2) is 0 Å². The molecule has 1 aromatic carbocycles. The van der Waals surface area contributed by atoms with E-state index in [4.69, 9.17) is 0 Å². The zero-order valence-corrected chi connectivity index (χ0v) is 13.4. The maximum absolute atomic E-state index is 14.0. The number of nitrogens with zero attached hydrogens (tertiary/aromatic N) is 2. The fraction of sp³-hybridized carbons (Fsp3) is 0.312. The van der Waals surface area contributed by atoms with Gasteiger partial charge in [0.1, 0.15) is 11.5 Å². The highest BCUT2D eigenvalue weighted by atomic mass is 19.4. The summed E-state index contributed by atoms with van der Waals surface area (Å²) in [6.45, 7) is 0. The number of aromatic nitrogens is 2. The highest BCUT2D eigenvalue weighted by molar-refractivity contribution is 5.66. The van der Waals surface area contributed by atoms with E-state index in [2.05, 4.69) is 4.98 Å². The first kappa shape index (κ1) is 20.8. The first-order valence-electron chi connectivity index (χ1n) is 7.19. The number of hydrogen-bond acceptors (Lipinski definition) is 1. The minimum atomic E-state index is -6.95. The Labute approximate surface area is 146 Å². The fourth-order valence-corrected chi connectivity index (χ4v) is 2.14. The van der Waals surface area contributed by atoms with Crippen molar-refractivity contribution in [2.24, 2.45) is 7.05 Å². The van der Waals surface area contributed by atoms with Crippen LogP contribution in [-0.4, -0.2) is 27.6 Å². The number of hydrogen-bond donors (Lipinski definition) is 0. The van der Waals surface area contributed by atoms with E-state index in [-0.39, 0.29) is 12.0 Å².